The summed E-state index contributed by atoms with van der Waals surface area (Å²) in [6.45, 7) is 3.75. The van der Waals surface area contributed by atoms with Crippen LogP contribution in [0.1, 0.15) is 5.56 Å². The van der Waals surface area contributed by atoms with E-state index in [9.17, 15) is 0 Å². The zero-order valence-corrected chi connectivity index (χ0v) is 10.2. The lowest BCUT2D eigenvalue weighted by Crippen LogP contribution is -2.36. The maximum atomic E-state index is 5.32. The Morgan fingerprint density at radius 1 is 1.14 bits per heavy atom. The Bertz CT molecular complexity index is 280. The molecule has 0 bridgehead atoms. The molecule has 0 N–H and O–H groups in total. The van der Waals surface area contributed by atoms with E-state index in [2.05, 4.69) is 51.8 Å². The average molecular weight is 303 g/mol. The Hall–Kier alpha value is -0.290. The van der Waals surface area contributed by atoms with Gasteiger partial charge in [0.1, 0.15) is 0 Å². The summed E-state index contributed by atoms with van der Waals surface area (Å²) in [6, 6.07) is 8.83. The fourth-order valence-corrected chi connectivity index (χ4v) is 2.13. The number of hydrogen-bond acceptors (Lipinski definition) is 2. The van der Waals surface area contributed by atoms with Crippen LogP contribution >= 0.6 is 22.6 Å². The zero-order chi connectivity index (χ0) is 9.80. The van der Waals surface area contributed by atoms with Crippen molar-refractivity contribution in [3.63, 3.8) is 0 Å². The van der Waals surface area contributed by atoms with Gasteiger partial charge in [0.2, 0.25) is 0 Å². The quantitative estimate of drug-likeness (QED) is 0.615. The predicted octanol–water partition coefficient (Wildman–Crippen LogP) is 2.46. The van der Waals surface area contributed by atoms with Gasteiger partial charge in [0.05, 0.1) is 13.2 Å². The number of alkyl halides is 1. The van der Waals surface area contributed by atoms with Crippen molar-refractivity contribution in [2.45, 2.75) is 4.43 Å². The topological polar surface area (TPSA) is 12.5 Å². The Morgan fingerprint density at radius 3 is 2.36 bits per heavy atom. The number of anilines is 1. The van der Waals surface area contributed by atoms with E-state index in [0.717, 1.165) is 30.7 Å². The van der Waals surface area contributed by atoms with Gasteiger partial charge >= 0.3 is 0 Å². The molecule has 2 rings (SSSR count). The highest BCUT2D eigenvalue weighted by atomic mass is 127. The second-order valence-corrected chi connectivity index (χ2v) is 4.16. The monoisotopic (exact) mass is 303 g/mol. The van der Waals surface area contributed by atoms with E-state index in [-0.39, 0.29) is 0 Å². The minimum atomic E-state index is 0.855. The van der Waals surface area contributed by atoms with E-state index in [1.54, 1.807) is 0 Å². The third-order valence-electron chi connectivity index (χ3n) is 2.47. The molecular weight excluding hydrogens is 289 g/mol. The molecule has 0 unspecified atom stereocenters. The zero-order valence-electron chi connectivity index (χ0n) is 8.08. The van der Waals surface area contributed by atoms with Crippen molar-refractivity contribution in [3.8, 4) is 0 Å². The van der Waals surface area contributed by atoms with Gasteiger partial charge in [0, 0.05) is 23.2 Å². The summed E-state index contributed by atoms with van der Waals surface area (Å²) in [5.74, 6) is 0. The number of ether oxygens (including phenoxy) is 1. The standard InChI is InChI=1S/C11H14INO/c12-9-10-1-3-11(4-2-10)13-5-7-14-8-6-13/h1-4H,5-9H2. The average Bonchev–Trinajstić information content (AvgIpc) is 2.30. The maximum absolute atomic E-state index is 5.32. The number of rotatable bonds is 2. The van der Waals surface area contributed by atoms with Crippen molar-refractivity contribution >= 4 is 28.3 Å². The fraction of sp³-hybridized carbons (Fsp3) is 0.455. The molecule has 1 aromatic rings. The van der Waals surface area contributed by atoms with Gasteiger partial charge in [-0.05, 0) is 17.7 Å². The van der Waals surface area contributed by atoms with Crippen LogP contribution in [0.4, 0.5) is 5.69 Å². The van der Waals surface area contributed by atoms with Crippen molar-refractivity contribution in [3.05, 3.63) is 29.8 Å². The molecular formula is C11H14INO. The first-order valence-electron chi connectivity index (χ1n) is 4.88. The van der Waals surface area contributed by atoms with Crippen molar-refractivity contribution in [2.75, 3.05) is 31.2 Å². The van der Waals surface area contributed by atoms with Crippen molar-refractivity contribution in [1.29, 1.82) is 0 Å². The molecule has 0 spiro atoms. The molecule has 0 aliphatic carbocycles. The first kappa shape index (κ1) is 10.2. The summed E-state index contributed by atoms with van der Waals surface area (Å²) in [6.07, 6.45) is 0. The summed E-state index contributed by atoms with van der Waals surface area (Å²) in [5, 5.41) is 0. The van der Waals surface area contributed by atoms with Crippen molar-refractivity contribution in [2.24, 2.45) is 0 Å². The van der Waals surface area contributed by atoms with E-state index in [4.69, 9.17) is 4.74 Å². The largest absolute Gasteiger partial charge is 0.378 e. The highest BCUT2D eigenvalue weighted by molar-refractivity contribution is 14.1. The smallest absolute Gasteiger partial charge is 0.0642 e. The summed E-state index contributed by atoms with van der Waals surface area (Å²) in [5.41, 5.74) is 2.71. The van der Waals surface area contributed by atoms with Gasteiger partial charge in [0.15, 0.2) is 0 Å². The van der Waals surface area contributed by atoms with Gasteiger partial charge in [0.25, 0.3) is 0 Å². The maximum Gasteiger partial charge on any atom is 0.0642 e. The van der Waals surface area contributed by atoms with Gasteiger partial charge in [-0.3, -0.25) is 0 Å². The van der Waals surface area contributed by atoms with Crippen LogP contribution in [0.5, 0.6) is 0 Å². The molecule has 1 fully saturated rings. The molecule has 1 aliphatic heterocycles. The highest BCUT2D eigenvalue weighted by Gasteiger charge is 2.10. The molecule has 1 saturated heterocycles. The minimum Gasteiger partial charge on any atom is -0.378 e. The first-order valence-corrected chi connectivity index (χ1v) is 6.40. The van der Waals surface area contributed by atoms with E-state index >= 15 is 0 Å². The summed E-state index contributed by atoms with van der Waals surface area (Å²) < 4.78 is 6.41. The Balaban J connectivity index is 2.07. The second-order valence-electron chi connectivity index (χ2n) is 3.40. The number of halogens is 1. The highest BCUT2D eigenvalue weighted by Crippen LogP contribution is 2.17. The van der Waals surface area contributed by atoms with Gasteiger partial charge < -0.3 is 9.64 Å². The van der Waals surface area contributed by atoms with Gasteiger partial charge in [-0.2, -0.15) is 0 Å². The van der Waals surface area contributed by atoms with Crippen molar-refractivity contribution in [1.82, 2.24) is 0 Å². The van der Waals surface area contributed by atoms with Crippen LogP contribution in [0.15, 0.2) is 24.3 Å². The molecule has 0 amide bonds. The van der Waals surface area contributed by atoms with E-state index < -0.39 is 0 Å². The fourth-order valence-electron chi connectivity index (χ4n) is 1.62. The van der Waals surface area contributed by atoms with Crippen LogP contribution in [0.25, 0.3) is 0 Å². The molecule has 1 aliphatic rings. The Kier molecular flexibility index (Phi) is 3.64. The number of morpholine rings is 1. The van der Waals surface area contributed by atoms with Crippen LogP contribution in [0.3, 0.4) is 0 Å². The molecule has 0 aromatic heterocycles. The molecule has 2 nitrogen and oxygen atoms in total. The Morgan fingerprint density at radius 2 is 1.79 bits per heavy atom. The number of nitrogens with zero attached hydrogens (tertiary/aromatic N) is 1. The molecule has 14 heavy (non-hydrogen) atoms. The third-order valence-corrected chi connectivity index (χ3v) is 3.35. The minimum absolute atomic E-state index is 0.855. The molecule has 3 heteroatoms. The third kappa shape index (κ3) is 2.39. The van der Waals surface area contributed by atoms with Crippen LogP contribution in [0, 0.1) is 0 Å². The summed E-state index contributed by atoms with van der Waals surface area (Å²) >= 11 is 2.39. The molecule has 0 saturated carbocycles. The predicted molar refractivity (Wildman–Crippen MR) is 67.2 cm³/mol. The second kappa shape index (κ2) is 4.98. The van der Waals surface area contributed by atoms with Crippen LogP contribution in [-0.4, -0.2) is 26.3 Å². The summed E-state index contributed by atoms with van der Waals surface area (Å²) in [7, 11) is 0. The first-order chi connectivity index (χ1) is 6.90. The van der Waals surface area contributed by atoms with Gasteiger partial charge in [-0.25, -0.2) is 0 Å². The van der Waals surface area contributed by atoms with Crippen molar-refractivity contribution < 1.29 is 4.74 Å². The van der Waals surface area contributed by atoms with Crippen LogP contribution < -0.4 is 4.90 Å². The molecule has 1 heterocycles. The van der Waals surface area contributed by atoms with E-state index in [1.165, 1.54) is 11.3 Å². The summed E-state index contributed by atoms with van der Waals surface area (Å²) in [4.78, 5) is 2.38. The van der Waals surface area contributed by atoms with E-state index in [1.807, 2.05) is 0 Å². The molecule has 1 aromatic carbocycles. The molecule has 0 radical (unpaired) electrons. The lowest BCUT2D eigenvalue weighted by atomic mass is 10.2. The van der Waals surface area contributed by atoms with Crippen LogP contribution in [0.2, 0.25) is 0 Å². The van der Waals surface area contributed by atoms with Gasteiger partial charge in [-0.15, -0.1) is 0 Å². The Labute approximate surface area is 98.4 Å². The lowest BCUT2D eigenvalue weighted by Gasteiger charge is -2.28. The van der Waals surface area contributed by atoms with E-state index in [0.29, 0.717) is 0 Å². The number of benzene rings is 1. The normalized spacial score (nSPS) is 17.1. The van der Waals surface area contributed by atoms with Gasteiger partial charge in [-0.1, -0.05) is 34.7 Å². The molecule has 0 atom stereocenters. The van der Waals surface area contributed by atoms with Crippen LogP contribution in [-0.2, 0) is 9.16 Å². The SMILES string of the molecule is ICc1ccc(N2CCOCC2)cc1. The lowest BCUT2D eigenvalue weighted by molar-refractivity contribution is 0.122. The molecule has 76 valence electrons. The number of hydrogen-bond donors (Lipinski definition) is 0.